The fourth-order valence-corrected chi connectivity index (χ4v) is 5.22. The third-order valence-electron chi connectivity index (χ3n) is 5.87. The number of aromatic nitrogens is 1. The molecule has 1 aromatic heterocycles. The van der Waals surface area contributed by atoms with Crippen LogP contribution >= 0.6 is 24.0 Å². The van der Waals surface area contributed by atoms with E-state index in [0.717, 1.165) is 17.1 Å². The first kappa shape index (κ1) is 25.5. The van der Waals surface area contributed by atoms with Crippen LogP contribution < -0.4 is 15.2 Å². The predicted molar refractivity (Wildman–Crippen MR) is 141 cm³/mol. The number of anilines is 1. The number of methoxy groups -OCH3 is 1. The van der Waals surface area contributed by atoms with Gasteiger partial charge in [-0.3, -0.25) is 19.1 Å². The van der Waals surface area contributed by atoms with Crippen LogP contribution in [-0.2, 0) is 17.9 Å². The van der Waals surface area contributed by atoms with E-state index in [2.05, 4.69) is 11.0 Å². The molecule has 1 fully saturated rings. The number of hydrogen-bond donors (Lipinski definition) is 0. The number of thioether (sulfide) groups is 1. The molecule has 2 aromatic rings. The Kier molecular flexibility index (Phi) is 8.18. The Bertz CT molecular complexity index is 1240. The van der Waals surface area contributed by atoms with Gasteiger partial charge in [-0.05, 0) is 57.0 Å². The number of hydrogen-bond acceptors (Lipinski definition) is 7. The molecule has 1 aliphatic rings. The van der Waals surface area contributed by atoms with Gasteiger partial charge >= 0.3 is 0 Å². The van der Waals surface area contributed by atoms with Crippen LogP contribution in [0.5, 0.6) is 5.75 Å². The summed E-state index contributed by atoms with van der Waals surface area (Å²) in [5.41, 5.74) is 1.99. The number of carbonyl (C=O) groups is 1. The number of pyridine rings is 1. The Labute approximate surface area is 209 Å². The van der Waals surface area contributed by atoms with Crippen molar-refractivity contribution in [2.24, 2.45) is 0 Å². The fraction of sp³-hybridized carbons (Fsp3) is 0.360. The molecule has 0 saturated carbocycles. The minimum absolute atomic E-state index is 0.0951. The van der Waals surface area contributed by atoms with Crippen molar-refractivity contribution in [3.8, 4) is 11.8 Å². The van der Waals surface area contributed by atoms with Gasteiger partial charge in [0.05, 0.1) is 18.6 Å². The molecule has 0 N–H and O–H groups in total. The predicted octanol–water partition coefficient (Wildman–Crippen LogP) is 4.30. The van der Waals surface area contributed by atoms with Crippen molar-refractivity contribution >= 4 is 46.1 Å². The third kappa shape index (κ3) is 4.74. The lowest BCUT2D eigenvalue weighted by Crippen LogP contribution is -2.34. The summed E-state index contributed by atoms with van der Waals surface area (Å²) >= 11 is 6.76. The van der Waals surface area contributed by atoms with E-state index < -0.39 is 0 Å². The quantitative estimate of drug-likeness (QED) is 0.398. The maximum Gasteiger partial charge on any atom is 0.270 e. The number of rotatable bonds is 8. The molecule has 1 saturated heterocycles. The molecule has 9 heteroatoms. The number of benzene rings is 1. The SMILES string of the molecule is CCN(CC)c1c(/C=C2\SC(=S)N(Cc3ccc(OC)cc3)C2=O)c(C)c(C#N)c(=O)n1CC. The first-order valence-corrected chi connectivity index (χ1v) is 12.3. The van der Waals surface area contributed by atoms with E-state index in [-0.39, 0.29) is 17.0 Å². The number of ether oxygens (including phenoxy) is 1. The van der Waals surface area contributed by atoms with Crippen LogP contribution in [0.4, 0.5) is 5.82 Å². The van der Waals surface area contributed by atoms with E-state index in [9.17, 15) is 14.9 Å². The summed E-state index contributed by atoms with van der Waals surface area (Å²) in [6.07, 6.45) is 1.78. The van der Waals surface area contributed by atoms with Crippen LogP contribution in [0.3, 0.4) is 0 Å². The van der Waals surface area contributed by atoms with Crippen molar-refractivity contribution in [3.63, 3.8) is 0 Å². The highest BCUT2D eigenvalue weighted by atomic mass is 32.2. The summed E-state index contributed by atoms with van der Waals surface area (Å²) in [6, 6.07) is 9.56. The van der Waals surface area contributed by atoms with Crippen LogP contribution in [-0.4, -0.2) is 39.9 Å². The van der Waals surface area contributed by atoms with Gasteiger partial charge in [0, 0.05) is 25.2 Å². The standard InChI is InChI=1S/C25H28N4O3S2/c1-6-27(7-2)22-19(16(4)20(14-26)23(30)28(22)8-3)13-21-24(31)29(25(33)34-21)15-17-9-11-18(32-5)12-10-17/h9-13H,6-8,15H2,1-5H3/b21-13-. The molecule has 1 amide bonds. The smallest absolute Gasteiger partial charge is 0.270 e. The molecule has 34 heavy (non-hydrogen) atoms. The second-order valence-electron chi connectivity index (χ2n) is 7.69. The molecule has 178 valence electrons. The summed E-state index contributed by atoms with van der Waals surface area (Å²) in [5, 5.41) is 9.68. The Balaban J connectivity index is 2.09. The minimum atomic E-state index is -0.311. The highest BCUT2D eigenvalue weighted by Crippen LogP contribution is 2.36. The molecule has 0 bridgehead atoms. The second kappa shape index (κ2) is 10.9. The molecule has 0 atom stereocenters. The molecule has 7 nitrogen and oxygen atoms in total. The van der Waals surface area contributed by atoms with Crippen LogP contribution in [0, 0.1) is 18.3 Å². The molecular formula is C25H28N4O3S2. The average Bonchev–Trinajstić information content (AvgIpc) is 3.10. The second-order valence-corrected chi connectivity index (χ2v) is 9.36. The van der Waals surface area contributed by atoms with Crippen molar-refractivity contribution in [3.05, 3.63) is 61.8 Å². The molecule has 1 aliphatic heterocycles. The Morgan fingerprint density at radius 1 is 1.18 bits per heavy atom. The highest BCUT2D eigenvalue weighted by Gasteiger charge is 2.33. The van der Waals surface area contributed by atoms with Gasteiger partial charge in [-0.1, -0.05) is 36.1 Å². The molecule has 0 radical (unpaired) electrons. The third-order valence-corrected chi connectivity index (χ3v) is 7.25. The maximum absolute atomic E-state index is 13.3. The summed E-state index contributed by atoms with van der Waals surface area (Å²) in [5.74, 6) is 1.27. The number of amides is 1. The topological polar surface area (TPSA) is 78.6 Å². The summed E-state index contributed by atoms with van der Waals surface area (Å²) in [7, 11) is 1.61. The lowest BCUT2D eigenvalue weighted by atomic mass is 10.0. The van der Waals surface area contributed by atoms with E-state index in [1.807, 2.05) is 45.0 Å². The number of nitrogens with zero attached hydrogens (tertiary/aromatic N) is 4. The van der Waals surface area contributed by atoms with Gasteiger partial charge in [0.2, 0.25) is 0 Å². The van der Waals surface area contributed by atoms with E-state index in [4.69, 9.17) is 17.0 Å². The van der Waals surface area contributed by atoms with Gasteiger partial charge in [-0.25, -0.2) is 0 Å². The normalized spacial score (nSPS) is 14.6. The lowest BCUT2D eigenvalue weighted by Gasteiger charge is -2.28. The Morgan fingerprint density at radius 2 is 1.82 bits per heavy atom. The lowest BCUT2D eigenvalue weighted by molar-refractivity contribution is -0.122. The number of thiocarbonyl (C=S) groups is 1. The first-order valence-electron chi connectivity index (χ1n) is 11.1. The van der Waals surface area contributed by atoms with Crippen LogP contribution in [0.25, 0.3) is 6.08 Å². The Morgan fingerprint density at radius 3 is 2.35 bits per heavy atom. The molecule has 2 heterocycles. The molecule has 3 rings (SSSR count). The summed E-state index contributed by atoms with van der Waals surface area (Å²) < 4.78 is 7.28. The average molecular weight is 497 g/mol. The molecule has 0 unspecified atom stereocenters. The Hall–Kier alpha value is -3.09. The van der Waals surface area contributed by atoms with Gasteiger partial charge in [0.1, 0.15) is 27.5 Å². The molecular weight excluding hydrogens is 468 g/mol. The van der Waals surface area contributed by atoms with Crippen LogP contribution in [0.15, 0.2) is 34.0 Å². The van der Waals surface area contributed by atoms with Gasteiger partial charge in [-0.15, -0.1) is 0 Å². The zero-order valence-electron chi connectivity index (χ0n) is 20.0. The highest BCUT2D eigenvalue weighted by molar-refractivity contribution is 8.26. The molecule has 0 aliphatic carbocycles. The van der Waals surface area contributed by atoms with Crippen molar-refractivity contribution < 1.29 is 9.53 Å². The minimum Gasteiger partial charge on any atom is -0.497 e. The first-order chi connectivity index (χ1) is 16.3. The number of carbonyl (C=O) groups excluding carboxylic acids is 1. The van der Waals surface area contributed by atoms with Gasteiger partial charge in [0.25, 0.3) is 11.5 Å². The monoisotopic (exact) mass is 496 g/mol. The summed E-state index contributed by atoms with van der Waals surface area (Å²) in [6.45, 7) is 9.80. The van der Waals surface area contributed by atoms with Gasteiger partial charge in [-0.2, -0.15) is 5.26 Å². The van der Waals surface area contributed by atoms with E-state index in [0.29, 0.717) is 46.5 Å². The maximum atomic E-state index is 13.3. The molecule has 0 spiro atoms. The zero-order valence-corrected chi connectivity index (χ0v) is 21.7. The number of nitriles is 1. The summed E-state index contributed by atoms with van der Waals surface area (Å²) in [4.78, 5) is 30.4. The van der Waals surface area contributed by atoms with E-state index in [1.165, 1.54) is 11.8 Å². The van der Waals surface area contributed by atoms with Gasteiger partial charge in [0.15, 0.2) is 0 Å². The van der Waals surface area contributed by atoms with Crippen molar-refractivity contribution in [2.45, 2.75) is 40.8 Å². The zero-order chi connectivity index (χ0) is 25.0. The van der Waals surface area contributed by atoms with Crippen LogP contribution in [0.2, 0.25) is 0 Å². The van der Waals surface area contributed by atoms with E-state index in [1.54, 1.807) is 29.6 Å². The largest absolute Gasteiger partial charge is 0.497 e. The fourth-order valence-electron chi connectivity index (χ4n) is 3.98. The van der Waals surface area contributed by atoms with Crippen molar-refractivity contribution in [2.75, 3.05) is 25.1 Å². The molecule has 1 aromatic carbocycles. The van der Waals surface area contributed by atoms with Crippen LogP contribution in [0.1, 0.15) is 43.0 Å². The van der Waals surface area contributed by atoms with Crippen molar-refractivity contribution in [1.82, 2.24) is 9.47 Å². The van der Waals surface area contributed by atoms with Gasteiger partial charge < -0.3 is 9.64 Å². The van der Waals surface area contributed by atoms with E-state index >= 15 is 0 Å². The van der Waals surface area contributed by atoms with Crippen molar-refractivity contribution in [1.29, 1.82) is 5.26 Å².